The van der Waals surface area contributed by atoms with Crippen molar-refractivity contribution in [3.8, 4) is 11.6 Å². The molecule has 170 valence electrons. The molecule has 4 rings (SSSR count). The lowest BCUT2D eigenvalue weighted by atomic mass is 10.1. The third-order valence-corrected chi connectivity index (χ3v) is 5.93. The van der Waals surface area contributed by atoms with Crippen molar-refractivity contribution in [1.82, 2.24) is 25.3 Å². The van der Waals surface area contributed by atoms with E-state index in [2.05, 4.69) is 27.5 Å². The molecule has 0 spiro atoms. The molecule has 8 nitrogen and oxygen atoms in total. The molecule has 2 aromatic heterocycles. The number of nitrogens with one attached hydrogen (secondary N) is 1. The van der Waals surface area contributed by atoms with Gasteiger partial charge in [-0.05, 0) is 25.0 Å². The van der Waals surface area contributed by atoms with Gasteiger partial charge in [-0.15, -0.1) is 10.2 Å². The molecule has 0 bridgehead atoms. The molecule has 9 heteroatoms. The van der Waals surface area contributed by atoms with E-state index in [9.17, 15) is 9.59 Å². The van der Waals surface area contributed by atoms with Crippen LogP contribution in [0.2, 0.25) is 0 Å². The maximum absolute atomic E-state index is 13.0. The molecule has 0 aliphatic heterocycles. The van der Waals surface area contributed by atoms with Crippen LogP contribution in [-0.2, 0) is 11.3 Å². The summed E-state index contributed by atoms with van der Waals surface area (Å²) in [4.78, 5) is 25.2. The lowest BCUT2D eigenvalue weighted by molar-refractivity contribution is -0.119. The van der Waals surface area contributed by atoms with Gasteiger partial charge in [0, 0.05) is 11.4 Å². The molecular weight excluding hydrogens is 438 g/mol. The number of amides is 1. The molecule has 0 radical (unpaired) electrons. The van der Waals surface area contributed by atoms with Crippen LogP contribution in [0.3, 0.4) is 0 Å². The average Bonchev–Trinajstić information content (AvgIpc) is 3.29. The maximum Gasteiger partial charge on any atom is 0.277 e. The normalized spacial score (nSPS) is 12.1. The molecule has 0 aliphatic rings. The van der Waals surface area contributed by atoms with Gasteiger partial charge >= 0.3 is 0 Å². The van der Waals surface area contributed by atoms with Crippen LogP contribution in [0.1, 0.15) is 32.3 Å². The van der Waals surface area contributed by atoms with E-state index in [1.165, 1.54) is 16.4 Å². The second-order valence-corrected chi connectivity index (χ2v) is 8.69. The summed E-state index contributed by atoms with van der Waals surface area (Å²) in [6.07, 6.45) is 1.94. The molecule has 1 N–H and O–H groups in total. The van der Waals surface area contributed by atoms with Crippen molar-refractivity contribution in [1.29, 1.82) is 0 Å². The Bertz CT molecular complexity index is 1300. The van der Waals surface area contributed by atoms with Crippen molar-refractivity contribution >= 4 is 28.4 Å². The number of thioether (sulfide) groups is 1. The Hall–Kier alpha value is -3.46. The Morgan fingerprint density at radius 1 is 1.09 bits per heavy atom. The zero-order chi connectivity index (χ0) is 23.2. The lowest BCUT2D eigenvalue weighted by Crippen LogP contribution is -2.33. The largest absolute Gasteiger partial charge is 0.409 e. The molecule has 2 heterocycles. The Morgan fingerprint density at radius 2 is 1.82 bits per heavy atom. The molecule has 0 saturated heterocycles. The third kappa shape index (κ3) is 5.48. The van der Waals surface area contributed by atoms with E-state index in [0.717, 1.165) is 18.4 Å². The van der Waals surface area contributed by atoms with E-state index < -0.39 is 0 Å². The fourth-order valence-corrected chi connectivity index (χ4v) is 4.14. The van der Waals surface area contributed by atoms with Crippen molar-refractivity contribution in [2.75, 3.05) is 5.75 Å². The third-order valence-electron chi connectivity index (χ3n) is 5.11. The van der Waals surface area contributed by atoms with Crippen LogP contribution in [0.25, 0.3) is 22.4 Å². The van der Waals surface area contributed by atoms with Gasteiger partial charge in [-0.3, -0.25) is 9.59 Å². The molecule has 0 fully saturated rings. The van der Waals surface area contributed by atoms with Crippen LogP contribution in [0.4, 0.5) is 0 Å². The standard InChI is InChI=1S/C24H25N5O3S/c1-3-9-16(2)25-20(30)15-33-24-27-26-22(32-24)21-18-12-7-8-13-19(18)23(31)29(28-21)14-17-10-5-4-6-11-17/h4-8,10-13,16H,3,9,14-15H2,1-2H3,(H,25,30). The van der Waals surface area contributed by atoms with Gasteiger partial charge in [0.25, 0.3) is 16.7 Å². The highest BCUT2D eigenvalue weighted by molar-refractivity contribution is 7.99. The van der Waals surface area contributed by atoms with Crippen molar-refractivity contribution < 1.29 is 9.21 Å². The average molecular weight is 464 g/mol. The maximum atomic E-state index is 13.0. The van der Waals surface area contributed by atoms with Crippen LogP contribution >= 0.6 is 11.8 Å². The summed E-state index contributed by atoms with van der Waals surface area (Å²) in [7, 11) is 0. The van der Waals surface area contributed by atoms with Gasteiger partial charge < -0.3 is 9.73 Å². The molecule has 1 atom stereocenters. The summed E-state index contributed by atoms with van der Waals surface area (Å²) in [6, 6.07) is 17.0. The first kappa shape index (κ1) is 22.7. The van der Waals surface area contributed by atoms with E-state index in [4.69, 9.17) is 4.42 Å². The summed E-state index contributed by atoms with van der Waals surface area (Å²) >= 11 is 1.17. The summed E-state index contributed by atoms with van der Waals surface area (Å²) < 4.78 is 7.22. The minimum atomic E-state index is -0.190. The second kappa shape index (κ2) is 10.4. The van der Waals surface area contributed by atoms with Crippen molar-refractivity contribution in [2.24, 2.45) is 0 Å². The molecule has 1 unspecified atom stereocenters. The minimum Gasteiger partial charge on any atom is -0.409 e. The van der Waals surface area contributed by atoms with E-state index in [-0.39, 0.29) is 34.4 Å². The van der Waals surface area contributed by atoms with E-state index in [0.29, 0.717) is 23.0 Å². The first-order valence-electron chi connectivity index (χ1n) is 10.8. The summed E-state index contributed by atoms with van der Waals surface area (Å²) in [5.74, 6) is 0.299. The number of fused-ring (bicyclic) bond motifs is 1. The predicted molar refractivity (Wildman–Crippen MR) is 128 cm³/mol. The Kier molecular flexibility index (Phi) is 7.19. The Balaban J connectivity index is 1.59. The first-order chi connectivity index (χ1) is 16.0. The summed E-state index contributed by atoms with van der Waals surface area (Å²) in [5.41, 5.74) is 1.20. The van der Waals surface area contributed by atoms with Gasteiger partial charge in [0.05, 0.1) is 17.7 Å². The van der Waals surface area contributed by atoms with Gasteiger partial charge in [0.15, 0.2) is 5.69 Å². The van der Waals surface area contributed by atoms with Gasteiger partial charge in [-0.25, -0.2) is 4.68 Å². The van der Waals surface area contributed by atoms with Gasteiger partial charge in [-0.2, -0.15) is 5.10 Å². The van der Waals surface area contributed by atoms with E-state index in [1.807, 2.05) is 55.5 Å². The molecule has 0 saturated carbocycles. The highest BCUT2D eigenvalue weighted by Crippen LogP contribution is 2.26. The number of nitrogens with zero attached hydrogens (tertiary/aromatic N) is 4. The highest BCUT2D eigenvalue weighted by Gasteiger charge is 2.18. The van der Waals surface area contributed by atoms with E-state index in [1.54, 1.807) is 6.07 Å². The van der Waals surface area contributed by atoms with Gasteiger partial charge in [0.1, 0.15) is 0 Å². The first-order valence-corrected chi connectivity index (χ1v) is 11.8. The quantitative estimate of drug-likeness (QED) is 0.376. The summed E-state index contributed by atoms with van der Waals surface area (Å²) in [5, 5.41) is 17.1. The molecule has 2 aromatic carbocycles. The number of hydrogen-bond donors (Lipinski definition) is 1. The fraction of sp³-hybridized carbons (Fsp3) is 0.292. The highest BCUT2D eigenvalue weighted by atomic mass is 32.2. The van der Waals surface area contributed by atoms with Crippen molar-refractivity contribution in [2.45, 2.75) is 44.5 Å². The predicted octanol–water partition coefficient (Wildman–Crippen LogP) is 3.89. The van der Waals surface area contributed by atoms with Crippen molar-refractivity contribution in [3.05, 3.63) is 70.5 Å². The zero-order valence-electron chi connectivity index (χ0n) is 18.5. The number of carbonyl (C=O) groups excluding carboxylic acids is 1. The molecule has 1 amide bonds. The molecule has 0 aliphatic carbocycles. The van der Waals surface area contributed by atoms with Crippen LogP contribution in [0, 0.1) is 0 Å². The second-order valence-electron chi connectivity index (χ2n) is 7.76. The number of aromatic nitrogens is 4. The number of benzene rings is 2. The van der Waals surface area contributed by atoms with Crippen LogP contribution in [0.5, 0.6) is 0 Å². The molecule has 33 heavy (non-hydrogen) atoms. The topological polar surface area (TPSA) is 103 Å². The van der Waals surface area contributed by atoms with Crippen LogP contribution < -0.4 is 10.9 Å². The fourth-order valence-electron chi connectivity index (χ4n) is 3.57. The van der Waals surface area contributed by atoms with Crippen LogP contribution in [-0.4, -0.2) is 37.7 Å². The SMILES string of the molecule is CCCC(C)NC(=O)CSc1nnc(-c2nn(Cc3ccccc3)c(=O)c3ccccc23)o1. The van der Waals surface area contributed by atoms with Gasteiger partial charge in [0.2, 0.25) is 5.91 Å². The monoisotopic (exact) mass is 463 g/mol. The van der Waals surface area contributed by atoms with Gasteiger partial charge in [-0.1, -0.05) is 73.6 Å². The van der Waals surface area contributed by atoms with Crippen LogP contribution in [0.15, 0.2) is 69.0 Å². The zero-order valence-corrected chi connectivity index (χ0v) is 19.3. The Labute approximate surface area is 195 Å². The van der Waals surface area contributed by atoms with E-state index >= 15 is 0 Å². The minimum absolute atomic E-state index is 0.0827. The number of rotatable bonds is 9. The molecule has 4 aromatic rings. The molecular formula is C24H25N5O3S. The summed E-state index contributed by atoms with van der Waals surface area (Å²) in [6.45, 7) is 4.39. The lowest BCUT2D eigenvalue weighted by Gasteiger charge is -2.11. The number of hydrogen-bond acceptors (Lipinski definition) is 7. The van der Waals surface area contributed by atoms with Crippen molar-refractivity contribution in [3.63, 3.8) is 0 Å². The smallest absolute Gasteiger partial charge is 0.277 e. The number of carbonyl (C=O) groups is 1. The Morgan fingerprint density at radius 3 is 2.58 bits per heavy atom.